The highest BCUT2D eigenvalue weighted by atomic mass is 19.1. The summed E-state index contributed by atoms with van der Waals surface area (Å²) >= 11 is 0. The molecular formula is C29H31FN2O4. The van der Waals surface area contributed by atoms with E-state index in [1.54, 1.807) is 43.8 Å². The molecule has 0 aliphatic heterocycles. The summed E-state index contributed by atoms with van der Waals surface area (Å²) in [6.45, 7) is 9.80. The van der Waals surface area contributed by atoms with Gasteiger partial charge in [-0.3, -0.25) is 4.98 Å². The standard InChI is InChI=1S/C29H31FN2O4/c1-18(2)27-25(19-7-9-20(10-8-19)28(33)36-29(3,4)5)26-23(15-31-16-24(26)35-17-34-6)32(27)22-13-11-21(30)12-14-22/h7-16,18H,17H2,1-6H3. The van der Waals surface area contributed by atoms with Crippen LogP contribution in [0.15, 0.2) is 60.9 Å². The zero-order valence-electron chi connectivity index (χ0n) is 21.5. The van der Waals surface area contributed by atoms with Crippen molar-refractivity contribution in [3.63, 3.8) is 0 Å². The Hall–Kier alpha value is -3.71. The highest BCUT2D eigenvalue weighted by Crippen LogP contribution is 2.44. The smallest absolute Gasteiger partial charge is 0.338 e. The van der Waals surface area contributed by atoms with E-state index in [0.717, 1.165) is 33.4 Å². The van der Waals surface area contributed by atoms with Crippen molar-refractivity contribution in [2.24, 2.45) is 0 Å². The number of hydrogen-bond acceptors (Lipinski definition) is 5. The molecule has 0 atom stereocenters. The van der Waals surface area contributed by atoms with E-state index in [9.17, 15) is 9.18 Å². The topological polar surface area (TPSA) is 62.6 Å². The van der Waals surface area contributed by atoms with E-state index in [1.165, 1.54) is 12.1 Å². The van der Waals surface area contributed by atoms with Crippen molar-refractivity contribution in [1.82, 2.24) is 9.55 Å². The van der Waals surface area contributed by atoms with Crippen LogP contribution in [0.1, 0.15) is 56.6 Å². The van der Waals surface area contributed by atoms with Gasteiger partial charge in [-0.05, 0) is 68.7 Å². The van der Waals surface area contributed by atoms with Crippen LogP contribution in [-0.2, 0) is 9.47 Å². The molecule has 0 spiro atoms. The SMILES string of the molecule is COCOc1cncc2c1c(-c1ccc(C(=O)OC(C)(C)C)cc1)c(C(C)C)n2-c1ccc(F)cc1. The fraction of sp³-hybridized carbons (Fsp3) is 0.310. The summed E-state index contributed by atoms with van der Waals surface area (Å²) in [7, 11) is 1.56. The van der Waals surface area contributed by atoms with E-state index in [-0.39, 0.29) is 24.5 Å². The molecule has 4 aromatic rings. The summed E-state index contributed by atoms with van der Waals surface area (Å²) in [6.07, 6.45) is 3.45. The van der Waals surface area contributed by atoms with E-state index < -0.39 is 5.60 Å². The van der Waals surface area contributed by atoms with E-state index in [2.05, 4.69) is 23.4 Å². The summed E-state index contributed by atoms with van der Waals surface area (Å²) in [4.78, 5) is 17.0. The first-order chi connectivity index (χ1) is 17.1. The Balaban J connectivity index is 1.97. The number of pyridine rings is 1. The highest BCUT2D eigenvalue weighted by Gasteiger charge is 2.25. The van der Waals surface area contributed by atoms with E-state index in [0.29, 0.717) is 11.3 Å². The Kier molecular flexibility index (Phi) is 7.13. The lowest BCUT2D eigenvalue weighted by molar-refractivity contribution is 0.00695. The first-order valence-electron chi connectivity index (χ1n) is 11.8. The second kappa shape index (κ2) is 10.1. The lowest BCUT2D eigenvalue weighted by atomic mass is 9.96. The Morgan fingerprint density at radius 2 is 1.69 bits per heavy atom. The lowest BCUT2D eigenvalue weighted by Gasteiger charge is -2.19. The minimum absolute atomic E-state index is 0.0660. The number of fused-ring (bicyclic) bond motifs is 1. The van der Waals surface area contributed by atoms with Gasteiger partial charge < -0.3 is 18.8 Å². The Morgan fingerprint density at radius 3 is 2.28 bits per heavy atom. The summed E-state index contributed by atoms with van der Waals surface area (Å²) in [5, 5.41) is 0.861. The minimum atomic E-state index is -0.580. The van der Waals surface area contributed by atoms with Crippen molar-refractivity contribution in [2.75, 3.05) is 13.9 Å². The number of nitrogens with zero attached hydrogens (tertiary/aromatic N) is 2. The molecule has 0 bridgehead atoms. The maximum Gasteiger partial charge on any atom is 0.338 e. The van der Waals surface area contributed by atoms with Crippen molar-refractivity contribution in [3.8, 4) is 22.6 Å². The third-order valence-electron chi connectivity index (χ3n) is 5.65. The molecule has 0 N–H and O–H groups in total. The van der Waals surface area contributed by atoms with Crippen molar-refractivity contribution in [3.05, 3.63) is 78.0 Å². The predicted octanol–water partition coefficient (Wildman–Crippen LogP) is 6.89. The molecule has 7 heteroatoms. The Labute approximate surface area is 210 Å². The van der Waals surface area contributed by atoms with E-state index in [4.69, 9.17) is 14.2 Å². The fourth-order valence-corrected chi connectivity index (χ4v) is 4.27. The number of rotatable bonds is 7. The van der Waals surface area contributed by atoms with Crippen LogP contribution in [0.5, 0.6) is 5.75 Å². The maximum atomic E-state index is 13.8. The van der Waals surface area contributed by atoms with Crippen LogP contribution in [0.3, 0.4) is 0 Å². The largest absolute Gasteiger partial charge is 0.465 e. The molecule has 6 nitrogen and oxygen atoms in total. The van der Waals surface area contributed by atoms with Gasteiger partial charge in [-0.25, -0.2) is 9.18 Å². The molecule has 0 aliphatic rings. The van der Waals surface area contributed by atoms with Crippen LogP contribution >= 0.6 is 0 Å². The van der Waals surface area contributed by atoms with Crippen LogP contribution in [-0.4, -0.2) is 35.0 Å². The number of aromatic nitrogens is 2. The maximum absolute atomic E-state index is 13.8. The van der Waals surface area contributed by atoms with Crippen molar-refractivity contribution >= 4 is 16.9 Å². The number of carbonyl (C=O) groups is 1. The van der Waals surface area contributed by atoms with Gasteiger partial charge in [0.05, 0.1) is 28.9 Å². The molecule has 0 saturated carbocycles. The number of ether oxygens (including phenoxy) is 3. The molecule has 2 heterocycles. The number of hydrogen-bond donors (Lipinski definition) is 0. The monoisotopic (exact) mass is 490 g/mol. The molecule has 2 aromatic carbocycles. The van der Waals surface area contributed by atoms with Gasteiger partial charge in [0.25, 0.3) is 0 Å². The average molecular weight is 491 g/mol. The molecule has 0 amide bonds. The molecule has 2 aromatic heterocycles. The van der Waals surface area contributed by atoms with Gasteiger partial charge in [-0.2, -0.15) is 0 Å². The molecule has 0 unspecified atom stereocenters. The van der Waals surface area contributed by atoms with E-state index in [1.807, 2.05) is 32.9 Å². The third kappa shape index (κ3) is 5.11. The minimum Gasteiger partial charge on any atom is -0.465 e. The first kappa shape index (κ1) is 25.4. The second-order valence-electron chi connectivity index (χ2n) is 9.89. The molecule has 0 fully saturated rings. The van der Waals surface area contributed by atoms with Gasteiger partial charge >= 0.3 is 5.97 Å². The molecular weight excluding hydrogens is 459 g/mol. The van der Waals surface area contributed by atoms with Crippen LogP contribution in [0, 0.1) is 5.82 Å². The summed E-state index contributed by atoms with van der Waals surface area (Å²) in [5.41, 5.74) is 4.40. The van der Waals surface area contributed by atoms with Gasteiger partial charge in [0.15, 0.2) is 12.5 Å². The molecule has 4 rings (SSSR count). The van der Waals surface area contributed by atoms with Gasteiger partial charge in [0.1, 0.15) is 11.4 Å². The zero-order valence-corrected chi connectivity index (χ0v) is 21.5. The normalized spacial score (nSPS) is 11.8. The zero-order chi connectivity index (χ0) is 26.0. The number of halogens is 1. The van der Waals surface area contributed by atoms with E-state index >= 15 is 0 Å². The fourth-order valence-electron chi connectivity index (χ4n) is 4.27. The van der Waals surface area contributed by atoms with Crippen molar-refractivity contribution in [1.29, 1.82) is 0 Å². The van der Waals surface area contributed by atoms with Crippen LogP contribution in [0.25, 0.3) is 27.7 Å². The van der Waals surface area contributed by atoms with Crippen LogP contribution in [0.2, 0.25) is 0 Å². The lowest BCUT2D eigenvalue weighted by Crippen LogP contribution is -2.23. The predicted molar refractivity (Wildman–Crippen MR) is 138 cm³/mol. The molecule has 36 heavy (non-hydrogen) atoms. The number of benzene rings is 2. The highest BCUT2D eigenvalue weighted by molar-refractivity contribution is 6.03. The molecule has 0 aliphatic carbocycles. The number of methoxy groups -OCH3 is 1. The number of carbonyl (C=O) groups excluding carboxylic acids is 1. The molecule has 188 valence electrons. The molecule has 0 saturated heterocycles. The molecule has 0 radical (unpaired) electrons. The van der Waals surface area contributed by atoms with Crippen LogP contribution < -0.4 is 4.74 Å². The quantitative estimate of drug-likeness (QED) is 0.208. The average Bonchev–Trinajstić information content (AvgIpc) is 3.18. The van der Waals surface area contributed by atoms with Crippen molar-refractivity contribution in [2.45, 2.75) is 46.1 Å². The Bertz CT molecular complexity index is 1370. The second-order valence-corrected chi connectivity index (χ2v) is 9.89. The van der Waals surface area contributed by atoms with Gasteiger partial charge in [-0.15, -0.1) is 0 Å². The van der Waals surface area contributed by atoms with Gasteiger partial charge in [-0.1, -0.05) is 26.0 Å². The summed E-state index contributed by atoms with van der Waals surface area (Å²) in [6, 6.07) is 13.7. The van der Waals surface area contributed by atoms with Crippen LogP contribution in [0.4, 0.5) is 4.39 Å². The summed E-state index contributed by atoms with van der Waals surface area (Å²) < 4.78 is 32.4. The van der Waals surface area contributed by atoms with Crippen molar-refractivity contribution < 1.29 is 23.4 Å². The van der Waals surface area contributed by atoms with Gasteiger partial charge in [0, 0.05) is 24.1 Å². The first-order valence-corrected chi connectivity index (χ1v) is 11.8. The third-order valence-corrected chi connectivity index (χ3v) is 5.65. The number of esters is 1. The van der Waals surface area contributed by atoms with Gasteiger partial charge in [0.2, 0.25) is 0 Å². The summed E-state index contributed by atoms with van der Waals surface area (Å²) in [5.74, 6) is -0.0108. The Morgan fingerprint density at radius 1 is 1.03 bits per heavy atom.